The van der Waals surface area contributed by atoms with Gasteiger partial charge in [0.05, 0.1) is 57.0 Å². The summed E-state index contributed by atoms with van der Waals surface area (Å²) in [5.41, 5.74) is 0.227. The van der Waals surface area contributed by atoms with Crippen molar-refractivity contribution in [3.63, 3.8) is 0 Å². The van der Waals surface area contributed by atoms with E-state index in [1.54, 1.807) is 0 Å². The van der Waals surface area contributed by atoms with Crippen LogP contribution in [0.1, 0.15) is 30.5 Å². The first-order valence-electron chi connectivity index (χ1n) is 9.31. The minimum Gasteiger partial charge on any atom is -0.480 e. The minimum absolute atomic E-state index is 0.0868. The van der Waals surface area contributed by atoms with Crippen LogP contribution in [0.2, 0.25) is 0 Å². The van der Waals surface area contributed by atoms with Crippen molar-refractivity contribution in [3.05, 3.63) is 36.2 Å². The van der Waals surface area contributed by atoms with E-state index in [0.29, 0.717) is 0 Å². The summed E-state index contributed by atoms with van der Waals surface area (Å²) < 4.78 is 69.7. The molecule has 2 aromatic heterocycles. The van der Waals surface area contributed by atoms with Gasteiger partial charge >= 0.3 is 0 Å². The number of nitrogens with two attached hydrogens (primary N) is 2. The summed E-state index contributed by atoms with van der Waals surface area (Å²) in [7, 11) is -4.35. The summed E-state index contributed by atoms with van der Waals surface area (Å²) in [4.78, 5) is 16.1. The van der Waals surface area contributed by atoms with Crippen LogP contribution < -0.4 is 19.8 Å². The summed E-state index contributed by atoms with van der Waals surface area (Å²) in [5.74, 6) is 0.387. The van der Waals surface area contributed by atoms with Gasteiger partial charge in [0.1, 0.15) is 22.7 Å². The standard InChI is InChI=1S/C17H26N6O8S2/c1-10(32(18,24)25)16(11-5-22-14(28-2)7-20-11)31-9-13(33(19,26)27)17(30-4)12-6-23-15(29-3)8-21-12/h5-8,10,13,16-17H,9H2,1-4H3,(H2,18,24,25)(H2,19,26,27)/t10-,13+,16-,17-/m0/s1. The van der Waals surface area contributed by atoms with Gasteiger partial charge in [-0.25, -0.2) is 37.1 Å². The fourth-order valence-electron chi connectivity index (χ4n) is 2.81. The van der Waals surface area contributed by atoms with Gasteiger partial charge in [0.2, 0.25) is 31.8 Å². The smallest absolute Gasteiger partial charge is 0.231 e. The van der Waals surface area contributed by atoms with Gasteiger partial charge in [0, 0.05) is 7.11 Å². The van der Waals surface area contributed by atoms with Crippen LogP contribution in [-0.2, 0) is 29.5 Å². The van der Waals surface area contributed by atoms with Crippen molar-refractivity contribution in [2.24, 2.45) is 10.3 Å². The molecule has 0 fully saturated rings. The SMILES string of the molecule is COc1cnc([C@@H](OC[C@H]([C@@H](OC)c2cnc(OC)cn2)S(N)(=O)=O)[C@H](C)S(N)(=O)=O)cn1. The molecule has 2 heterocycles. The van der Waals surface area contributed by atoms with Gasteiger partial charge in [-0.2, -0.15) is 0 Å². The molecule has 2 aromatic rings. The van der Waals surface area contributed by atoms with Crippen molar-refractivity contribution in [3.8, 4) is 11.8 Å². The predicted molar refractivity (Wildman–Crippen MR) is 115 cm³/mol. The second-order valence-corrected chi connectivity index (χ2v) is 10.5. The van der Waals surface area contributed by atoms with Crippen LogP contribution in [0.5, 0.6) is 11.8 Å². The van der Waals surface area contributed by atoms with Crippen molar-refractivity contribution < 1.29 is 35.8 Å². The van der Waals surface area contributed by atoms with Crippen LogP contribution in [-0.4, -0.2) is 75.2 Å². The zero-order valence-electron chi connectivity index (χ0n) is 18.4. The number of hydrogen-bond acceptors (Lipinski definition) is 12. The van der Waals surface area contributed by atoms with Crippen molar-refractivity contribution in [2.45, 2.75) is 29.6 Å². The largest absolute Gasteiger partial charge is 0.480 e. The van der Waals surface area contributed by atoms with Gasteiger partial charge in [-0.15, -0.1) is 0 Å². The third-order valence-electron chi connectivity index (χ3n) is 4.70. The molecule has 0 aromatic carbocycles. The molecule has 0 unspecified atom stereocenters. The maximum Gasteiger partial charge on any atom is 0.231 e. The fraction of sp³-hybridized carbons (Fsp3) is 0.529. The molecule has 184 valence electrons. The van der Waals surface area contributed by atoms with Crippen molar-refractivity contribution in [1.82, 2.24) is 19.9 Å². The van der Waals surface area contributed by atoms with Crippen LogP contribution >= 0.6 is 0 Å². The zero-order chi connectivity index (χ0) is 24.8. The zero-order valence-corrected chi connectivity index (χ0v) is 20.0. The lowest BCUT2D eigenvalue weighted by Gasteiger charge is -2.27. The number of nitrogens with zero attached hydrogens (tertiary/aromatic N) is 4. The van der Waals surface area contributed by atoms with Crippen LogP contribution in [0, 0.1) is 0 Å². The maximum absolute atomic E-state index is 12.4. The molecule has 2 rings (SSSR count). The van der Waals surface area contributed by atoms with E-state index in [1.165, 1.54) is 53.0 Å². The molecule has 0 saturated heterocycles. The molecule has 14 nitrogen and oxygen atoms in total. The fourth-order valence-corrected chi connectivity index (χ4v) is 4.23. The molecule has 16 heteroatoms. The first-order valence-corrected chi connectivity index (χ1v) is 12.5. The normalized spacial score (nSPS) is 15.9. The maximum atomic E-state index is 12.4. The molecule has 4 atom stereocenters. The average Bonchev–Trinajstić information content (AvgIpc) is 2.77. The van der Waals surface area contributed by atoms with E-state index in [4.69, 9.17) is 29.2 Å². The number of ether oxygens (including phenoxy) is 4. The second kappa shape index (κ2) is 11.1. The number of methoxy groups -OCH3 is 3. The highest BCUT2D eigenvalue weighted by atomic mass is 32.2. The van der Waals surface area contributed by atoms with Crippen LogP contribution in [0.3, 0.4) is 0 Å². The molecule has 0 radical (unpaired) electrons. The van der Waals surface area contributed by atoms with Crippen LogP contribution in [0.25, 0.3) is 0 Å². The Morgan fingerprint density at radius 3 is 1.61 bits per heavy atom. The number of sulfonamides is 2. The number of primary sulfonamides is 2. The van der Waals surface area contributed by atoms with Gasteiger partial charge in [0.15, 0.2) is 0 Å². The Morgan fingerprint density at radius 1 is 0.788 bits per heavy atom. The Balaban J connectivity index is 2.39. The number of hydrogen-bond donors (Lipinski definition) is 2. The molecule has 0 saturated carbocycles. The molecule has 0 spiro atoms. The molecule has 0 amide bonds. The van der Waals surface area contributed by atoms with Crippen molar-refractivity contribution in [2.75, 3.05) is 27.9 Å². The van der Waals surface area contributed by atoms with Gasteiger partial charge in [-0.1, -0.05) is 0 Å². The van der Waals surface area contributed by atoms with Crippen LogP contribution in [0.4, 0.5) is 0 Å². The van der Waals surface area contributed by atoms with Gasteiger partial charge in [-0.3, -0.25) is 9.97 Å². The van der Waals surface area contributed by atoms with E-state index in [-0.39, 0.29) is 23.1 Å². The lowest BCUT2D eigenvalue weighted by atomic mass is 10.1. The minimum atomic E-state index is -4.28. The molecule has 0 aliphatic carbocycles. The lowest BCUT2D eigenvalue weighted by molar-refractivity contribution is 0.0132. The predicted octanol–water partition coefficient (Wildman–Crippen LogP) is -0.937. The molecular weight excluding hydrogens is 480 g/mol. The Morgan fingerprint density at radius 2 is 1.27 bits per heavy atom. The van der Waals surface area contributed by atoms with E-state index >= 15 is 0 Å². The Hall–Kier alpha value is -2.50. The monoisotopic (exact) mass is 506 g/mol. The molecule has 0 aliphatic rings. The summed E-state index contributed by atoms with van der Waals surface area (Å²) in [6.07, 6.45) is 2.57. The third-order valence-corrected chi connectivity index (χ3v) is 7.21. The van der Waals surface area contributed by atoms with Gasteiger partial charge in [-0.05, 0) is 6.92 Å². The molecule has 4 N–H and O–H groups in total. The molecular formula is C17H26N6O8S2. The summed E-state index contributed by atoms with van der Waals surface area (Å²) >= 11 is 0. The summed E-state index contributed by atoms with van der Waals surface area (Å²) in [5, 5.41) is 7.93. The quantitative estimate of drug-likeness (QED) is 0.357. The van der Waals surface area contributed by atoms with Gasteiger partial charge < -0.3 is 18.9 Å². The van der Waals surface area contributed by atoms with Crippen molar-refractivity contribution >= 4 is 20.0 Å². The highest BCUT2D eigenvalue weighted by Gasteiger charge is 2.37. The highest BCUT2D eigenvalue weighted by molar-refractivity contribution is 7.90. The Kier molecular flexibility index (Phi) is 8.98. The first-order chi connectivity index (χ1) is 15.4. The number of rotatable bonds is 12. The molecule has 0 aliphatic heterocycles. The Bertz CT molecular complexity index is 1110. The first kappa shape index (κ1) is 26.7. The average molecular weight is 507 g/mol. The highest BCUT2D eigenvalue weighted by Crippen LogP contribution is 2.28. The topological polar surface area (TPSA) is 209 Å². The van der Waals surface area contributed by atoms with E-state index in [0.717, 1.165) is 0 Å². The second-order valence-electron chi connectivity index (χ2n) is 6.80. The van der Waals surface area contributed by atoms with Crippen molar-refractivity contribution in [1.29, 1.82) is 0 Å². The van der Waals surface area contributed by atoms with Crippen LogP contribution in [0.15, 0.2) is 24.8 Å². The van der Waals surface area contributed by atoms with E-state index < -0.39 is 49.4 Å². The summed E-state index contributed by atoms with van der Waals surface area (Å²) in [6, 6.07) is 0. The third kappa shape index (κ3) is 6.99. The van der Waals surface area contributed by atoms with Gasteiger partial charge in [0.25, 0.3) is 0 Å². The lowest BCUT2D eigenvalue weighted by Crippen LogP contribution is -2.41. The molecule has 33 heavy (non-hydrogen) atoms. The summed E-state index contributed by atoms with van der Waals surface area (Å²) in [6.45, 7) is 0.712. The van der Waals surface area contributed by atoms with E-state index in [9.17, 15) is 16.8 Å². The Labute approximate surface area is 191 Å². The van der Waals surface area contributed by atoms with E-state index in [1.807, 2.05) is 0 Å². The molecule has 0 bridgehead atoms. The number of aromatic nitrogens is 4. The van der Waals surface area contributed by atoms with E-state index in [2.05, 4.69) is 19.9 Å².